The molecule has 2 aliphatic heterocycles. The minimum absolute atomic E-state index is 0.00928. The fourth-order valence-electron chi connectivity index (χ4n) is 3.74. The van der Waals surface area contributed by atoms with E-state index in [1.807, 2.05) is 0 Å². The molecule has 9 heteroatoms. The van der Waals surface area contributed by atoms with Crippen molar-refractivity contribution in [3.05, 3.63) is 0 Å². The van der Waals surface area contributed by atoms with E-state index in [2.05, 4.69) is 5.32 Å². The maximum absolute atomic E-state index is 13.2. The van der Waals surface area contributed by atoms with Gasteiger partial charge in [-0.3, -0.25) is 9.59 Å². The summed E-state index contributed by atoms with van der Waals surface area (Å²) >= 11 is 0. The molecule has 0 bridgehead atoms. The van der Waals surface area contributed by atoms with E-state index in [9.17, 15) is 24.3 Å². The molecule has 0 saturated carbocycles. The number of ether oxygens (including phenoxy) is 1. The van der Waals surface area contributed by atoms with Crippen molar-refractivity contribution in [2.24, 2.45) is 5.92 Å². The molecule has 3 amide bonds. The van der Waals surface area contributed by atoms with E-state index in [1.165, 1.54) is 4.90 Å². The van der Waals surface area contributed by atoms with Crippen molar-refractivity contribution < 1.29 is 29.0 Å². The quantitative estimate of drug-likeness (QED) is 0.739. The van der Waals surface area contributed by atoms with Crippen LogP contribution in [0.3, 0.4) is 0 Å². The molecule has 0 aliphatic carbocycles. The number of rotatable bonds is 3. The number of carbonyl (C=O) groups is 4. The first-order valence-electron chi connectivity index (χ1n) is 9.74. The second-order valence-electron chi connectivity index (χ2n) is 8.76. The number of carboxylic acids is 1. The Kier molecular flexibility index (Phi) is 6.56. The third kappa shape index (κ3) is 5.14. The summed E-state index contributed by atoms with van der Waals surface area (Å²) in [6.45, 7) is 9.08. The molecule has 28 heavy (non-hydrogen) atoms. The van der Waals surface area contributed by atoms with Crippen LogP contribution in [0.15, 0.2) is 0 Å². The summed E-state index contributed by atoms with van der Waals surface area (Å²) in [6.07, 6.45) is 0.674. The van der Waals surface area contributed by atoms with E-state index in [0.29, 0.717) is 25.8 Å². The predicted octanol–water partition coefficient (Wildman–Crippen LogP) is 1.21. The Morgan fingerprint density at radius 3 is 2.36 bits per heavy atom. The number of carbonyl (C=O) groups excluding carboxylic acids is 3. The highest BCUT2D eigenvalue weighted by atomic mass is 16.6. The van der Waals surface area contributed by atoms with Gasteiger partial charge in [0.2, 0.25) is 11.8 Å². The van der Waals surface area contributed by atoms with Gasteiger partial charge in [0.05, 0.1) is 6.54 Å². The molecular formula is C19H31N3O6. The van der Waals surface area contributed by atoms with Crippen molar-refractivity contribution in [3.8, 4) is 0 Å². The molecule has 2 heterocycles. The largest absolute Gasteiger partial charge is 0.480 e. The number of nitrogens with zero attached hydrogens (tertiary/aromatic N) is 2. The summed E-state index contributed by atoms with van der Waals surface area (Å²) in [7, 11) is 0. The van der Waals surface area contributed by atoms with E-state index in [4.69, 9.17) is 4.74 Å². The van der Waals surface area contributed by atoms with E-state index in [-0.39, 0.29) is 24.4 Å². The maximum Gasteiger partial charge on any atom is 0.408 e. The zero-order chi connectivity index (χ0) is 21.2. The van der Waals surface area contributed by atoms with Crippen molar-refractivity contribution in [1.29, 1.82) is 0 Å². The Morgan fingerprint density at radius 2 is 1.82 bits per heavy atom. The fraction of sp³-hybridized carbons (Fsp3) is 0.789. The first-order chi connectivity index (χ1) is 12.9. The molecule has 0 spiro atoms. The van der Waals surface area contributed by atoms with Gasteiger partial charge < -0.3 is 25.0 Å². The van der Waals surface area contributed by atoms with Gasteiger partial charge in [0, 0.05) is 18.5 Å². The molecule has 2 fully saturated rings. The van der Waals surface area contributed by atoms with Gasteiger partial charge >= 0.3 is 12.1 Å². The molecule has 0 aromatic heterocycles. The van der Waals surface area contributed by atoms with E-state index in [0.717, 1.165) is 0 Å². The van der Waals surface area contributed by atoms with Crippen LogP contribution in [0.25, 0.3) is 0 Å². The third-order valence-corrected chi connectivity index (χ3v) is 4.97. The van der Waals surface area contributed by atoms with Crippen LogP contribution in [-0.2, 0) is 19.1 Å². The molecule has 3 atom stereocenters. The minimum Gasteiger partial charge on any atom is -0.480 e. The van der Waals surface area contributed by atoms with Crippen LogP contribution in [0, 0.1) is 5.92 Å². The Balaban J connectivity index is 2.29. The predicted molar refractivity (Wildman–Crippen MR) is 100 cm³/mol. The lowest BCUT2D eigenvalue weighted by Gasteiger charge is -2.38. The van der Waals surface area contributed by atoms with Crippen molar-refractivity contribution >= 4 is 23.9 Å². The van der Waals surface area contributed by atoms with Gasteiger partial charge in [-0.15, -0.1) is 0 Å². The highest BCUT2D eigenvalue weighted by Gasteiger charge is 2.45. The van der Waals surface area contributed by atoms with Crippen molar-refractivity contribution in [3.63, 3.8) is 0 Å². The van der Waals surface area contributed by atoms with Gasteiger partial charge in [0.25, 0.3) is 0 Å². The highest BCUT2D eigenvalue weighted by Crippen LogP contribution is 2.29. The number of hydrogen-bond acceptors (Lipinski definition) is 5. The van der Waals surface area contributed by atoms with Crippen molar-refractivity contribution in [2.45, 2.75) is 77.6 Å². The van der Waals surface area contributed by atoms with Crippen LogP contribution in [0.5, 0.6) is 0 Å². The van der Waals surface area contributed by atoms with E-state index in [1.54, 1.807) is 39.5 Å². The van der Waals surface area contributed by atoms with Gasteiger partial charge in [-0.25, -0.2) is 9.59 Å². The summed E-state index contributed by atoms with van der Waals surface area (Å²) in [5.74, 6) is -1.89. The lowest BCUT2D eigenvalue weighted by atomic mass is 10.1. The SMILES string of the molecule is CC(C)C(=O)N1CC[C@H]2CC[C@@H](C(=O)O)N2C(=O)[C@@H](NC(=O)OC(C)(C)C)C1. The topological polar surface area (TPSA) is 116 Å². The van der Waals surface area contributed by atoms with Gasteiger partial charge in [0.1, 0.15) is 17.7 Å². The first-order valence-corrected chi connectivity index (χ1v) is 9.74. The smallest absolute Gasteiger partial charge is 0.408 e. The molecule has 2 N–H and O–H groups in total. The molecule has 9 nitrogen and oxygen atoms in total. The monoisotopic (exact) mass is 397 g/mol. The molecule has 0 aromatic carbocycles. The molecular weight excluding hydrogens is 366 g/mol. The number of aliphatic carboxylic acids is 1. The summed E-state index contributed by atoms with van der Waals surface area (Å²) in [4.78, 5) is 52.6. The number of carboxylic acid groups (broad SMARTS) is 1. The number of alkyl carbamates (subject to hydrolysis) is 1. The molecule has 0 unspecified atom stereocenters. The summed E-state index contributed by atoms with van der Waals surface area (Å²) < 4.78 is 5.25. The number of nitrogens with one attached hydrogen (secondary N) is 1. The molecule has 0 radical (unpaired) electrons. The fourth-order valence-corrected chi connectivity index (χ4v) is 3.74. The average Bonchev–Trinajstić information content (AvgIpc) is 2.96. The van der Waals surface area contributed by atoms with Crippen LogP contribution < -0.4 is 5.32 Å². The van der Waals surface area contributed by atoms with Crippen LogP contribution in [0.4, 0.5) is 4.79 Å². The van der Waals surface area contributed by atoms with Crippen LogP contribution in [0.1, 0.15) is 53.9 Å². The van der Waals surface area contributed by atoms with E-state index >= 15 is 0 Å². The maximum atomic E-state index is 13.2. The van der Waals surface area contributed by atoms with Gasteiger partial charge in [-0.2, -0.15) is 0 Å². The average molecular weight is 397 g/mol. The minimum atomic E-state index is -1.06. The summed E-state index contributed by atoms with van der Waals surface area (Å²) in [5, 5.41) is 12.0. The standard InChI is InChI=1S/C19H31N3O6/c1-11(2)15(23)21-9-8-12-6-7-14(17(25)26)22(12)16(24)13(10-21)20-18(27)28-19(3,4)5/h11-14H,6-10H2,1-5H3,(H,20,27)(H,25,26)/t12-,13+,14+/m1/s1. The third-order valence-electron chi connectivity index (χ3n) is 4.97. The first kappa shape index (κ1) is 22.0. The molecule has 2 aliphatic rings. The zero-order valence-electron chi connectivity index (χ0n) is 17.2. The van der Waals surface area contributed by atoms with Crippen molar-refractivity contribution in [1.82, 2.24) is 15.1 Å². The second-order valence-corrected chi connectivity index (χ2v) is 8.76. The number of fused-ring (bicyclic) bond motifs is 1. The molecule has 158 valence electrons. The Morgan fingerprint density at radius 1 is 1.18 bits per heavy atom. The number of hydrogen-bond donors (Lipinski definition) is 2. The van der Waals surface area contributed by atoms with Gasteiger partial charge in [-0.05, 0) is 40.0 Å². The highest BCUT2D eigenvalue weighted by molar-refractivity contribution is 5.91. The second kappa shape index (κ2) is 8.36. The molecule has 0 aromatic rings. The number of amides is 3. The zero-order valence-corrected chi connectivity index (χ0v) is 17.2. The Hall–Kier alpha value is -2.32. The van der Waals surface area contributed by atoms with Crippen LogP contribution >= 0.6 is 0 Å². The van der Waals surface area contributed by atoms with Gasteiger partial charge in [0.15, 0.2) is 0 Å². The lowest BCUT2D eigenvalue weighted by molar-refractivity contribution is -0.152. The van der Waals surface area contributed by atoms with E-state index < -0.39 is 35.7 Å². The van der Waals surface area contributed by atoms with Crippen LogP contribution in [-0.4, -0.2) is 75.6 Å². The van der Waals surface area contributed by atoms with Crippen molar-refractivity contribution in [2.75, 3.05) is 13.1 Å². The lowest BCUT2D eigenvalue weighted by Crippen LogP contribution is -2.61. The molecule has 2 saturated heterocycles. The van der Waals surface area contributed by atoms with Gasteiger partial charge in [-0.1, -0.05) is 13.8 Å². The normalized spacial score (nSPS) is 25.8. The van der Waals surface area contributed by atoms with Crippen LogP contribution in [0.2, 0.25) is 0 Å². The summed E-state index contributed by atoms with van der Waals surface area (Å²) in [5.41, 5.74) is -0.748. The Bertz CT molecular complexity index is 642. The molecule has 2 rings (SSSR count). The summed E-state index contributed by atoms with van der Waals surface area (Å²) in [6, 6.07) is -2.23. The Labute approximate surface area is 165 Å².